The first-order valence-corrected chi connectivity index (χ1v) is 10.2. The maximum atomic E-state index is 13.3. The number of halogens is 2. The molecule has 0 aliphatic carbocycles. The summed E-state index contributed by atoms with van der Waals surface area (Å²) in [6, 6.07) is 12.1. The van der Waals surface area contributed by atoms with Crippen molar-refractivity contribution in [3.63, 3.8) is 0 Å². The Kier molecular flexibility index (Phi) is 6.11. The SMILES string of the molecule is Cc1ccccc1-c1noc(CN2CCC(C(=O)Nc3ccc(F)c(Cl)c3)CC2)n1. The number of carbonyl (C=O) groups excluding carboxylic acids is 1. The first-order chi connectivity index (χ1) is 14.5. The van der Waals surface area contributed by atoms with Crippen molar-refractivity contribution < 1.29 is 13.7 Å². The van der Waals surface area contributed by atoms with Gasteiger partial charge in [0.15, 0.2) is 0 Å². The van der Waals surface area contributed by atoms with Gasteiger partial charge in [0, 0.05) is 17.2 Å². The highest BCUT2D eigenvalue weighted by molar-refractivity contribution is 6.31. The number of nitrogens with one attached hydrogen (secondary N) is 1. The lowest BCUT2D eigenvalue weighted by Gasteiger charge is -2.30. The molecule has 0 atom stereocenters. The number of carbonyl (C=O) groups is 1. The number of likely N-dealkylation sites (tertiary alicyclic amines) is 1. The second kappa shape index (κ2) is 8.93. The van der Waals surface area contributed by atoms with Gasteiger partial charge in [0.1, 0.15) is 5.82 Å². The highest BCUT2D eigenvalue weighted by Crippen LogP contribution is 2.24. The van der Waals surface area contributed by atoms with Gasteiger partial charge in [-0.05, 0) is 56.6 Å². The van der Waals surface area contributed by atoms with E-state index in [-0.39, 0.29) is 16.8 Å². The van der Waals surface area contributed by atoms with Gasteiger partial charge in [0.05, 0.1) is 11.6 Å². The number of benzene rings is 2. The Morgan fingerprint density at radius 2 is 2.03 bits per heavy atom. The molecule has 156 valence electrons. The molecule has 0 spiro atoms. The van der Waals surface area contributed by atoms with Crippen LogP contribution in [-0.4, -0.2) is 34.0 Å². The van der Waals surface area contributed by atoms with Gasteiger partial charge in [-0.1, -0.05) is 41.0 Å². The fourth-order valence-electron chi connectivity index (χ4n) is 3.62. The van der Waals surface area contributed by atoms with Crippen LogP contribution >= 0.6 is 11.6 Å². The summed E-state index contributed by atoms with van der Waals surface area (Å²) < 4.78 is 18.7. The molecule has 0 radical (unpaired) electrons. The Hall–Kier alpha value is -2.77. The number of rotatable bonds is 5. The molecule has 1 aliphatic heterocycles. The van der Waals surface area contributed by atoms with Crippen LogP contribution < -0.4 is 5.32 Å². The Morgan fingerprint density at radius 3 is 2.77 bits per heavy atom. The molecule has 0 bridgehead atoms. The number of aryl methyl sites for hydroxylation is 1. The third-order valence-electron chi connectivity index (χ3n) is 5.36. The summed E-state index contributed by atoms with van der Waals surface area (Å²) in [6.07, 6.45) is 1.44. The lowest BCUT2D eigenvalue weighted by molar-refractivity contribution is -0.121. The Morgan fingerprint density at radius 1 is 1.27 bits per heavy atom. The molecular formula is C22H22ClFN4O2. The average molecular weight is 429 g/mol. The molecule has 1 amide bonds. The number of anilines is 1. The van der Waals surface area contributed by atoms with E-state index in [1.165, 1.54) is 18.2 Å². The molecular weight excluding hydrogens is 407 g/mol. The first-order valence-electron chi connectivity index (χ1n) is 9.86. The van der Waals surface area contributed by atoms with Crippen molar-refractivity contribution in [3.8, 4) is 11.4 Å². The molecule has 2 aromatic carbocycles. The smallest absolute Gasteiger partial charge is 0.241 e. The number of amides is 1. The van der Waals surface area contributed by atoms with Crippen LogP contribution in [0.25, 0.3) is 11.4 Å². The molecule has 3 aromatic rings. The molecule has 6 nitrogen and oxygen atoms in total. The predicted octanol–water partition coefficient (Wildman–Crippen LogP) is 4.69. The summed E-state index contributed by atoms with van der Waals surface area (Å²) in [4.78, 5) is 19.2. The Labute approximate surface area is 179 Å². The van der Waals surface area contributed by atoms with Crippen LogP contribution in [0.5, 0.6) is 0 Å². The molecule has 1 saturated heterocycles. The number of aromatic nitrogens is 2. The molecule has 30 heavy (non-hydrogen) atoms. The normalized spacial score (nSPS) is 15.3. The van der Waals surface area contributed by atoms with Crippen LogP contribution in [0.1, 0.15) is 24.3 Å². The molecule has 1 N–H and O–H groups in total. The van der Waals surface area contributed by atoms with E-state index in [0.717, 1.165) is 37.1 Å². The Bertz CT molecular complexity index is 1050. The van der Waals surface area contributed by atoms with Gasteiger partial charge in [-0.15, -0.1) is 0 Å². The minimum atomic E-state index is -0.505. The van der Waals surface area contributed by atoms with Crippen molar-refractivity contribution in [3.05, 3.63) is 64.8 Å². The van der Waals surface area contributed by atoms with Crippen LogP contribution in [0, 0.1) is 18.7 Å². The van der Waals surface area contributed by atoms with E-state index in [2.05, 4.69) is 20.4 Å². The third-order valence-corrected chi connectivity index (χ3v) is 5.65. The van der Waals surface area contributed by atoms with Crippen molar-refractivity contribution in [2.45, 2.75) is 26.3 Å². The molecule has 8 heteroatoms. The maximum absolute atomic E-state index is 13.3. The summed E-state index contributed by atoms with van der Waals surface area (Å²) in [6.45, 7) is 4.08. The van der Waals surface area contributed by atoms with Crippen molar-refractivity contribution in [1.82, 2.24) is 15.0 Å². The van der Waals surface area contributed by atoms with E-state index in [1.807, 2.05) is 31.2 Å². The van der Waals surface area contributed by atoms with E-state index < -0.39 is 5.82 Å². The van der Waals surface area contributed by atoms with Gasteiger partial charge >= 0.3 is 0 Å². The largest absolute Gasteiger partial charge is 0.338 e. The second-order valence-corrected chi connectivity index (χ2v) is 7.90. The van der Waals surface area contributed by atoms with E-state index in [1.54, 1.807) is 0 Å². The zero-order chi connectivity index (χ0) is 21.1. The average Bonchev–Trinajstić information content (AvgIpc) is 3.20. The summed E-state index contributed by atoms with van der Waals surface area (Å²) in [7, 11) is 0. The zero-order valence-corrected chi connectivity index (χ0v) is 17.3. The summed E-state index contributed by atoms with van der Waals surface area (Å²) in [5.41, 5.74) is 2.56. The highest BCUT2D eigenvalue weighted by Gasteiger charge is 2.26. The van der Waals surface area contributed by atoms with E-state index in [0.29, 0.717) is 23.9 Å². The van der Waals surface area contributed by atoms with Crippen LogP contribution in [0.15, 0.2) is 47.0 Å². The molecule has 1 fully saturated rings. The van der Waals surface area contributed by atoms with Crippen LogP contribution in [0.2, 0.25) is 5.02 Å². The third kappa shape index (κ3) is 4.68. The van der Waals surface area contributed by atoms with E-state index >= 15 is 0 Å². The Balaban J connectivity index is 1.30. The number of piperidine rings is 1. The van der Waals surface area contributed by atoms with Crippen molar-refractivity contribution in [2.75, 3.05) is 18.4 Å². The van der Waals surface area contributed by atoms with Crippen molar-refractivity contribution in [2.24, 2.45) is 5.92 Å². The quantitative estimate of drug-likeness (QED) is 0.638. The number of nitrogens with zero attached hydrogens (tertiary/aromatic N) is 3. The molecule has 1 aromatic heterocycles. The maximum Gasteiger partial charge on any atom is 0.241 e. The van der Waals surface area contributed by atoms with Crippen molar-refractivity contribution >= 4 is 23.2 Å². The molecule has 4 rings (SSSR count). The molecule has 0 unspecified atom stereocenters. The van der Waals surface area contributed by atoms with Gasteiger partial charge < -0.3 is 9.84 Å². The van der Waals surface area contributed by atoms with Crippen LogP contribution in [-0.2, 0) is 11.3 Å². The minimum Gasteiger partial charge on any atom is -0.338 e. The van der Waals surface area contributed by atoms with Crippen LogP contribution in [0.3, 0.4) is 0 Å². The standard InChI is InChI=1S/C22H22ClFN4O2/c1-14-4-2-3-5-17(14)21-26-20(30-27-21)13-28-10-8-15(9-11-28)22(29)25-16-6-7-19(24)18(23)12-16/h2-7,12,15H,8-11,13H2,1H3,(H,25,29). The monoisotopic (exact) mass is 428 g/mol. The van der Waals surface area contributed by atoms with Crippen molar-refractivity contribution in [1.29, 1.82) is 0 Å². The van der Waals surface area contributed by atoms with Gasteiger partial charge in [0.25, 0.3) is 0 Å². The lowest BCUT2D eigenvalue weighted by atomic mass is 9.96. The minimum absolute atomic E-state index is 0.00718. The lowest BCUT2D eigenvalue weighted by Crippen LogP contribution is -2.37. The van der Waals surface area contributed by atoms with Gasteiger partial charge in [0.2, 0.25) is 17.6 Å². The number of hydrogen-bond acceptors (Lipinski definition) is 5. The van der Waals surface area contributed by atoms with Gasteiger partial charge in [-0.25, -0.2) is 4.39 Å². The second-order valence-electron chi connectivity index (χ2n) is 7.50. The zero-order valence-electron chi connectivity index (χ0n) is 16.6. The summed E-state index contributed by atoms with van der Waals surface area (Å²) >= 11 is 5.78. The molecule has 2 heterocycles. The summed E-state index contributed by atoms with van der Waals surface area (Å²) in [5.74, 6) is 0.481. The first kappa shape index (κ1) is 20.5. The predicted molar refractivity (Wildman–Crippen MR) is 113 cm³/mol. The van der Waals surface area contributed by atoms with Gasteiger partial charge in [-0.2, -0.15) is 4.98 Å². The molecule has 1 aliphatic rings. The van der Waals surface area contributed by atoms with Crippen LogP contribution in [0.4, 0.5) is 10.1 Å². The van der Waals surface area contributed by atoms with E-state index in [4.69, 9.17) is 16.1 Å². The van der Waals surface area contributed by atoms with E-state index in [9.17, 15) is 9.18 Å². The summed E-state index contributed by atoms with van der Waals surface area (Å²) in [5, 5.41) is 6.92. The van der Waals surface area contributed by atoms with Gasteiger partial charge in [-0.3, -0.25) is 9.69 Å². The highest BCUT2D eigenvalue weighted by atomic mass is 35.5. The number of hydrogen-bond donors (Lipinski definition) is 1. The fraction of sp³-hybridized carbons (Fsp3) is 0.318. The molecule has 0 saturated carbocycles. The fourth-order valence-corrected chi connectivity index (χ4v) is 3.80. The topological polar surface area (TPSA) is 71.3 Å².